The third-order valence-electron chi connectivity index (χ3n) is 4.77. The van der Waals surface area contributed by atoms with Gasteiger partial charge in [-0.25, -0.2) is 9.50 Å². The number of pyridine rings is 2. The molecule has 4 N–H and O–H groups in total. The van der Waals surface area contributed by atoms with Gasteiger partial charge in [-0.1, -0.05) is 6.07 Å². The summed E-state index contributed by atoms with van der Waals surface area (Å²) in [4.78, 5) is 27.4. The van der Waals surface area contributed by atoms with Crippen LogP contribution in [0.4, 0.5) is 5.82 Å². The minimum Gasteiger partial charge on any atom is -0.382 e. The Labute approximate surface area is 173 Å². The van der Waals surface area contributed by atoms with Crippen LogP contribution < -0.4 is 11.5 Å². The van der Waals surface area contributed by atoms with Crippen molar-refractivity contribution in [2.75, 3.05) is 25.9 Å². The Balaban J connectivity index is 1.62. The van der Waals surface area contributed by atoms with Gasteiger partial charge < -0.3 is 16.4 Å². The van der Waals surface area contributed by atoms with E-state index in [1.807, 2.05) is 24.4 Å². The zero-order chi connectivity index (χ0) is 21.1. The lowest BCUT2D eigenvalue weighted by molar-refractivity contribution is 0.0794. The molecule has 30 heavy (non-hydrogen) atoms. The summed E-state index contributed by atoms with van der Waals surface area (Å²) >= 11 is 0. The van der Waals surface area contributed by atoms with E-state index in [2.05, 4.69) is 20.1 Å². The summed E-state index contributed by atoms with van der Waals surface area (Å²) in [6, 6.07) is 9.14. The highest BCUT2D eigenvalue weighted by molar-refractivity contribution is 5.94. The molecule has 0 fully saturated rings. The molecule has 0 bridgehead atoms. The fourth-order valence-electron chi connectivity index (χ4n) is 3.18. The lowest BCUT2D eigenvalue weighted by atomic mass is 10.1. The summed E-state index contributed by atoms with van der Waals surface area (Å²) in [5, 5.41) is 4.37. The van der Waals surface area contributed by atoms with Gasteiger partial charge in [0.1, 0.15) is 0 Å². The number of rotatable bonds is 6. The van der Waals surface area contributed by atoms with Crippen molar-refractivity contribution >= 4 is 17.4 Å². The molecule has 0 spiro atoms. The summed E-state index contributed by atoms with van der Waals surface area (Å²) < 4.78 is 1.62. The Morgan fingerprint density at radius 3 is 2.67 bits per heavy atom. The standard InChI is InChI=1S/C21H22N8O/c1-28(10-4-8-22)21(30)14-6-7-16(25-11-14)15-12-26-20-18(17-5-2-3-9-24-17)19(23)27-29(20)13-15/h2-3,5-7,9,11-13H,4,8,10,22H2,1H3,(H2,23,27). The summed E-state index contributed by atoms with van der Waals surface area (Å²) in [7, 11) is 1.76. The number of hydrogen-bond acceptors (Lipinski definition) is 7. The number of aromatic nitrogens is 5. The molecule has 0 atom stereocenters. The second-order valence-corrected chi connectivity index (χ2v) is 6.89. The number of amides is 1. The Bertz CT molecular complexity index is 1170. The van der Waals surface area contributed by atoms with Gasteiger partial charge in [-0.15, -0.1) is 5.10 Å². The second-order valence-electron chi connectivity index (χ2n) is 6.89. The van der Waals surface area contributed by atoms with Crippen LogP contribution in [-0.4, -0.2) is 55.5 Å². The molecule has 0 saturated carbocycles. The van der Waals surface area contributed by atoms with E-state index < -0.39 is 0 Å². The highest BCUT2D eigenvalue weighted by atomic mass is 16.2. The number of fused-ring (bicyclic) bond motifs is 1. The molecule has 4 aromatic heterocycles. The smallest absolute Gasteiger partial charge is 0.255 e. The zero-order valence-electron chi connectivity index (χ0n) is 16.6. The van der Waals surface area contributed by atoms with Gasteiger partial charge in [0.05, 0.1) is 22.5 Å². The van der Waals surface area contributed by atoms with E-state index in [1.165, 1.54) is 0 Å². The van der Waals surface area contributed by atoms with Crippen molar-refractivity contribution in [1.82, 2.24) is 29.5 Å². The maximum atomic E-state index is 12.4. The van der Waals surface area contributed by atoms with E-state index in [4.69, 9.17) is 11.5 Å². The van der Waals surface area contributed by atoms with E-state index >= 15 is 0 Å². The molecule has 9 heteroatoms. The fourth-order valence-corrected chi connectivity index (χ4v) is 3.18. The Morgan fingerprint density at radius 1 is 1.10 bits per heavy atom. The predicted octanol–water partition coefficient (Wildman–Crippen LogP) is 1.86. The fraction of sp³-hybridized carbons (Fsp3) is 0.190. The monoisotopic (exact) mass is 402 g/mol. The van der Waals surface area contributed by atoms with Gasteiger partial charge in [0, 0.05) is 43.9 Å². The van der Waals surface area contributed by atoms with Crippen LogP contribution in [0.1, 0.15) is 16.8 Å². The van der Waals surface area contributed by atoms with E-state index in [0.717, 1.165) is 12.0 Å². The molecular formula is C21H22N8O. The number of hydrogen-bond donors (Lipinski definition) is 2. The van der Waals surface area contributed by atoms with Gasteiger partial charge in [-0.2, -0.15) is 0 Å². The first-order valence-electron chi connectivity index (χ1n) is 9.55. The minimum atomic E-state index is -0.0871. The first kappa shape index (κ1) is 19.5. The summed E-state index contributed by atoms with van der Waals surface area (Å²) in [5.41, 5.74) is 15.6. The van der Waals surface area contributed by atoms with Crippen LogP contribution in [0.25, 0.3) is 28.2 Å². The van der Waals surface area contributed by atoms with Crippen LogP contribution >= 0.6 is 0 Å². The summed E-state index contributed by atoms with van der Waals surface area (Å²) in [6.45, 7) is 1.15. The Kier molecular flexibility index (Phi) is 5.36. The van der Waals surface area contributed by atoms with E-state index in [-0.39, 0.29) is 5.91 Å². The second kappa shape index (κ2) is 8.26. The highest BCUT2D eigenvalue weighted by Crippen LogP contribution is 2.28. The maximum absolute atomic E-state index is 12.4. The summed E-state index contributed by atoms with van der Waals surface area (Å²) in [6.07, 6.45) is 7.54. The van der Waals surface area contributed by atoms with Crippen LogP contribution in [0.15, 0.2) is 55.1 Å². The average Bonchev–Trinajstić information content (AvgIpc) is 3.12. The number of nitrogens with two attached hydrogens (primary N) is 2. The van der Waals surface area contributed by atoms with Gasteiger partial charge in [0.15, 0.2) is 11.5 Å². The van der Waals surface area contributed by atoms with Gasteiger partial charge in [-0.3, -0.25) is 14.8 Å². The van der Waals surface area contributed by atoms with Gasteiger partial charge >= 0.3 is 0 Å². The largest absolute Gasteiger partial charge is 0.382 e. The van der Waals surface area contributed by atoms with Gasteiger partial charge in [0.2, 0.25) is 0 Å². The SMILES string of the molecule is CN(CCCN)C(=O)c1ccc(-c2cnc3c(-c4ccccn4)c(N)nn3c2)nc1. The molecule has 9 nitrogen and oxygen atoms in total. The third-order valence-corrected chi connectivity index (χ3v) is 4.77. The van der Waals surface area contributed by atoms with Crippen molar-refractivity contribution < 1.29 is 4.79 Å². The van der Waals surface area contributed by atoms with Crippen molar-refractivity contribution in [1.29, 1.82) is 0 Å². The number of carbonyl (C=O) groups is 1. The molecule has 4 heterocycles. The van der Waals surface area contributed by atoms with Crippen molar-refractivity contribution in [2.24, 2.45) is 5.73 Å². The quantitative estimate of drug-likeness (QED) is 0.504. The topological polar surface area (TPSA) is 128 Å². The highest BCUT2D eigenvalue weighted by Gasteiger charge is 2.16. The van der Waals surface area contributed by atoms with Gasteiger partial charge in [-0.05, 0) is 37.2 Å². The molecule has 0 saturated heterocycles. The van der Waals surface area contributed by atoms with Crippen molar-refractivity contribution in [3.63, 3.8) is 0 Å². The Morgan fingerprint density at radius 2 is 1.97 bits per heavy atom. The van der Waals surface area contributed by atoms with Crippen LogP contribution in [0.5, 0.6) is 0 Å². The third kappa shape index (κ3) is 3.70. The van der Waals surface area contributed by atoms with Crippen LogP contribution in [0.3, 0.4) is 0 Å². The normalized spacial score (nSPS) is 11.0. The molecule has 0 aliphatic heterocycles. The molecule has 0 aromatic carbocycles. The van der Waals surface area contributed by atoms with Crippen molar-refractivity contribution in [3.05, 3.63) is 60.7 Å². The lowest BCUT2D eigenvalue weighted by Crippen LogP contribution is -2.29. The van der Waals surface area contributed by atoms with Crippen molar-refractivity contribution in [2.45, 2.75) is 6.42 Å². The number of nitrogen functional groups attached to an aromatic ring is 1. The number of nitrogens with zero attached hydrogens (tertiary/aromatic N) is 6. The average molecular weight is 402 g/mol. The van der Waals surface area contributed by atoms with Crippen LogP contribution in [0.2, 0.25) is 0 Å². The first-order chi connectivity index (χ1) is 14.6. The first-order valence-corrected chi connectivity index (χ1v) is 9.55. The number of carbonyl (C=O) groups excluding carboxylic acids is 1. The van der Waals surface area contributed by atoms with E-state index in [0.29, 0.717) is 47.1 Å². The van der Waals surface area contributed by atoms with Crippen molar-refractivity contribution in [3.8, 4) is 22.5 Å². The molecule has 4 rings (SSSR count). The molecular weight excluding hydrogens is 380 g/mol. The molecule has 0 radical (unpaired) electrons. The zero-order valence-corrected chi connectivity index (χ0v) is 16.6. The molecule has 0 unspecified atom stereocenters. The summed E-state index contributed by atoms with van der Waals surface area (Å²) in [5.74, 6) is 0.267. The molecule has 1 amide bonds. The minimum absolute atomic E-state index is 0.0871. The van der Waals surface area contributed by atoms with E-state index in [1.54, 1.807) is 47.2 Å². The number of anilines is 1. The lowest BCUT2D eigenvalue weighted by Gasteiger charge is -2.16. The van der Waals surface area contributed by atoms with Crippen LogP contribution in [0, 0.1) is 0 Å². The molecule has 152 valence electrons. The maximum Gasteiger partial charge on any atom is 0.255 e. The molecule has 0 aliphatic rings. The predicted molar refractivity (Wildman–Crippen MR) is 114 cm³/mol. The van der Waals surface area contributed by atoms with Gasteiger partial charge in [0.25, 0.3) is 5.91 Å². The molecule has 0 aliphatic carbocycles. The van der Waals surface area contributed by atoms with Crippen LogP contribution in [-0.2, 0) is 0 Å². The van der Waals surface area contributed by atoms with E-state index in [9.17, 15) is 4.79 Å². The molecule has 4 aromatic rings. The Hall–Kier alpha value is -3.85.